The molecule has 1 aliphatic heterocycles. The lowest BCUT2D eigenvalue weighted by Gasteiger charge is -2.23. The van der Waals surface area contributed by atoms with Crippen molar-refractivity contribution in [2.75, 3.05) is 13.7 Å². The van der Waals surface area contributed by atoms with Gasteiger partial charge in [0.15, 0.2) is 11.6 Å². The zero-order chi connectivity index (χ0) is 12.3. The molecular formula is C13H17ClFNO. The minimum atomic E-state index is -0.477. The van der Waals surface area contributed by atoms with Crippen LogP contribution in [0.5, 0.6) is 5.75 Å². The molecule has 1 atom stereocenters. The van der Waals surface area contributed by atoms with E-state index in [1.165, 1.54) is 20.0 Å². The molecule has 2 nitrogen and oxygen atoms in total. The quantitative estimate of drug-likeness (QED) is 0.898. The molecule has 0 amide bonds. The lowest BCUT2D eigenvalue weighted by molar-refractivity contribution is 0.382. The minimum Gasteiger partial charge on any atom is -0.494 e. The van der Waals surface area contributed by atoms with Gasteiger partial charge in [-0.15, -0.1) is 0 Å². The van der Waals surface area contributed by atoms with E-state index in [1.807, 2.05) is 0 Å². The summed E-state index contributed by atoms with van der Waals surface area (Å²) >= 11 is 5.84. The van der Waals surface area contributed by atoms with E-state index in [1.54, 1.807) is 12.1 Å². The van der Waals surface area contributed by atoms with Crippen molar-refractivity contribution < 1.29 is 9.13 Å². The average molecular weight is 258 g/mol. The van der Waals surface area contributed by atoms with Crippen LogP contribution in [0.2, 0.25) is 5.02 Å². The normalized spacial score (nSPS) is 20.3. The number of hydrogen-bond acceptors (Lipinski definition) is 2. The molecule has 94 valence electrons. The summed E-state index contributed by atoms with van der Waals surface area (Å²) < 4.78 is 18.5. The van der Waals surface area contributed by atoms with Crippen LogP contribution >= 0.6 is 11.6 Å². The summed E-state index contributed by atoms with van der Waals surface area (Å²) in [7, 11) is 1.46. The largest absolute Gasteiger partial charge is 0.494 e. The van der Waals surface area contributed by atoms with E-state index in [4.69, 9.17) is 16.3 Å². The second-order valence-electron chi connectivity index (χ2n) is 4.44. The first-order valence-electron chi connectivity index (χ1n) is 5.96. The average Bonchev–Trinajstić information content (AvgIpc) is 2.35. The predicted octanol–water partition coefficient (Wildman–Crippen LogP) is 3.17. The fourth-order valence-electron chi connectivity index (χ4n) is 2.27. The molecule has 1 unspecified atom stereocenters. The highest BCUT2D eigenvalue weighted by molar-refractivity contribution is 6.31. The van der Waals surface area contributed by atoms with Crippen LogP contribution in [0.4, 0.5) is 4.39 Å². The highest BCUT2D eigenvalue weighted by Crippen LogP contribution is 2.27. The van der Waals surface area contributed by atoms with Gasteiger partial charge in [-0.2, -0.15) is 0 Å². The topological polar surface area (TPSA) is 21.3 Å². The van der Waals surface area contributed by atoms with Crippen LogP contribution in [0.1, 0.15) is 24.8 Å². The molecule has 17 heavy (non-hydrogen) atoms. The van der Waals surface area contributed by atoms with E-state index in [2.05, 4.69) is 5.32 Å². The molecule has 1 N–H and O–H groups in total. The van der Waals surface area contributed by atoms with Crippen LogP contribution in [0.25, 0.3) is 0 Å². The van der Waals surface area contributed by atoms with Crippen molar-refractivity contribution in [1.82, 2.24) is 5.32 Å². The van der Waals surface area contributed by atoms with Gasteiger partial charge < -0.3 is 10.1 Å². The summed E-state index contributed by atoms with van der Waals surface area (Å²) in [5.74, 6) is -0.252. The van der Waals surface area contributed by atoms with Crippen molar-refractivity contribution >= 4 is 11.6 Å². The van der Waals surface area contributed by atoms with Crippen molar-refractivity contribution in [3.63, 3.8) is 0 Å². The molecule has 1 heterocycles. The summed E-state index contributed by atoms with van der Waals surface area (Å²) in [6, 6.07) is 3.89. The Hall–Kier alpha value is -0.800. The third-order valence-corrected chi connectivity index (χ3v) is 3.44. The number of piperidine rings is 1. The number of nitrogens with one attached hydrogen (secondary N) is 1. The van der Waals surface area contributed by atoms with Crippen LogP contribution in [0.15, 0.2) is 12.1 Å². The van der Waals surface area contributed by atoms with Crippen LogP contribution in [-0.2, 0) is 6.42 Å². The Kier molecular flexibility index (Phi) is 4.24. The maximum Gasteiger partial charge on any atom is 0.183 e. The number of rotatable bonds is 3. The van der Waals surface area contributed by atoms with Gasteiger partial charge >= 0.3 is 0 Å². The van der Waals surface area contributed by atoms with Gasteiger partial charge in [-0.05, 0) is 43.5 Å². The van der Waals surface area contributed by atoms with Crippen LogP contribution < -0.4 is 10.1 Å². The number of ether oxygens (including phenoxy) is 1. The molecule has 0 saturated carbocycles. The summed E-state index contributed by atoms with van der Waals surface area (Å²) in [5.41, 5.74) is 1.02. The molecule has 1 aliphatic rings. The van der Waals surface area contributed by atoms with Crippen molar-refractivity contribution in [1.29, 1.82) is 0 Å². The van der Waals surface area contributed by atoms with E-state index >= 15 is 0 Å². The Labute approximate surface area is 106 Å². The van der Waals surface area contributed by atoms with Gasteiger partial charge in [0.1, 0.15) is 0 Å². The molecule has 2 rings (SSSR count). The minimum absolute atomic E-state index is 0.134. The number of halogens is 2. The number of benzene rings is 1. The van der Waals surface area contributed by atoms with Gasteiger partial charge in [0.2, 0.25) is 0 Å². The monoisotopic (exact) mass is 257 g/mol. The predicted molar refractivity (Wildman–Crippen MR) is 67.3 cm³/mol. The van der Waals surface area contributed by atoms with Crippen molar-refractivity contribution in [3.8, 4) is 5.75 Å². The zero-order valence-electron chi connectivity index (χ0n) is 9.93. The fraction of sp³-hybridized carbons (Fsp3) is 0.538. The van der Waals surface area contributed by atoms with Gasteiger partial charge in [0.05, 0.1) is 12.1 Å². The molecule has 0 radical (unpaired) electrons. The van der Waals surface area contributed by atoms with Crippen LogP contribution in [0, 0.1) is 5.82 Å². The van der Waals surface area contributed by atoms with E-state index in [9.17, 15) is 4.39 Å². The molecule has 4 heteroatoms. The lowest BCUT2D eigenvalue weighted by Crippen LogP contribution is -2.35. The molecular weight excluding hydrogens is 241 g/mol. The van der Waals surface area contributed by atoms with Gasteiger partial charge in [0.25, 0.3) is 0 Å². The second kappa shape index (κ2) is 5.69. The molecule has 1 aromatic rings. The van der Waals surface area contributed by atoms with Crippen molar-refractivity contribution in [2.24, 2.45) is 0 Å². The molecule has 0 aromatic heterocycles. The van der Waals surface area contributed by atoms with Gasteiger partial charge in [0, 0.05) is 6.04 Å². The first-order chi connectivity index (χ1) is 8.20. The van der Waals surface area contributed by atoms with E-state index in [0.29, 0.717) is 6.04 Å². The molecule has 1 aromatic carbocycles. The Balaban J connectivity index is 2.12. The summed E-state index contributed by atoms with van der Waals surface area (Å²) in [5, 5.41) is 3.60. The van der Waals surface area contributed by atoms with Gasteiger partial charge in [-0.3, -0.25) is 0 Å². The van der Waals surface area contributed by atoms with Crippen LogP contribution in [0.3, 0.4) is 0 Å². The number of methoxy groups -OCH3 is 1. The standard InChI is InChI=1S/C13H17ClFNO/c1-17-12-8-9(7-11(14)13(12)15)6-10-4-2-3-5-16-10/h7-8,10,16H,2-6H2,1H3. The third kappa shape index (κ3) is 3.11. The van der Waals surface area contributed by atoms with E-state index in [-0.39, 0.29) is 10.8 Å². The van der Waals surface area contributed by atoms with E-state index < -0.39 is 5.82 Å². The molecule has 1 fully saturated rings. The van der Waals surface area contributed by atoms with E-state index in [0.717, 1.165) is 24.9 Å². The lowest BCUT2D eigenvalue weighted by atomic mass is 9.97. The highest BCUT2D eigenvalue weighted by atomic mass is 35.5. The smallest absolute Gasteiger partial charge is 0.183 e. The van der Waals surface area contributed by atoms with Crippen LogP contribution in [-0.4, -0.2) is 19.7 Å². The molecule has 0 aliphatic carbocycles. The summed E-state index contributed by atoms with van der Waals surface area (Å²) in [4.78, 5) is 0. The maximum absolute atomic E-state index is 13.5. The SMILES string of the molecule is COc1cc(CC2CCCCN2)cc(Cl)c1F. The van der Waals surface area contributed by atoms with Crippen molar-refractivity contribution in [2.45, 2.75) is 31.7 Å². The Morgan fingerprint density at radius 3 is 2.94 bits per heavy atom. The first-order valence-corrected chi connectivity index (χ1v) is 6.34. The van der Waals surface area contributed by atoms with Gasteiger partial charge in [-0.25, -0.2) is 4.39 Å². The number of hydrogen-bond donors (Lipinski definition) is 1. The van der Waals surface area contributed by atoms with Gasteiger partial charge in [-0.1, -0.05) is 18.0 Å². The highest BCUT2D eigenvalue weighted by Gasteiger charge is 2.15. The summed E-state index contributed by atoms with van der Waals surface area (Å²) in [6.45, 7) is 1.07. The Morgan fingerprint density at radius 2 is 2.29 bits per heavy atom. The fourth-order valence-corrected chi connectivity index (χ4v) is 2.50. The molecule has 0 spiro atoms. The first kappa shape index (κ1) is 12.7. The Bertz CT molecular complexity index is 391. The third-order valence-electron chi connectivity index (χ3n) is 3.17. The molecule has 0 bridgehead atoms. The molecule has 1 saturated heterocycles. The Morgan fingerprint density at radius 1 is 1.47 bits per heavy atom. The second-order valence-corrected chi connectivity index (χ2v) is 4.85. The maximum atomic E-state index is 13.5. The zero-order valence-corrected chi connectivity index (χ0v) is 10.7. The summed E-state index contributed by atoms with van der Waals surface area (Å²) in [6.07, 6.45) is 4.53. The van der Waals surface area contributed by atoms with Crippen molar-refractivity contribution in [3.05, 3.63) is 28.5 Å².